The maximum Gasteiger partial charge on any atom is 0.169 e. The molecule has 0 aliphatic carbocycles. The Morgan fingerprint density at radius 1 is 0.676 bits per heavy atom. The summed E-state index contributed by atoms with van der Waals surface area (Å²) >= 11 is 0. The fourth-order valence-electron chi connectivity index (χ4n) is 4.91. The van der Waals surface area contributed by atoms with Gasteiger partial charge >= 0.3 is 0 Å². The lowest BCUT2D eigenvalue weighted by Crippen LogP contribution is -2.05. The Morgan fingerprint density at radius 3 is 2.12 bits per heavy atom. The van der Waals surface area contributed by atoms with Crippen molar-refractivity contribution in [3.05, 3.63) is 88.5 Å². The normalized spacial score (nSPS) is 11.2. The summed E-state index contributed by atoms with van der Waals surface area (Å²) < 4.78 is 2.25. The molecular weight excluding hydrogens is 414 g/mol. The summed E-state index contributed by atoms with van der Waals surface area (Å²) in [6.07, 6.45) is 7.28. The smallest absolute Gasteiger partial charge is 0.169 e. The minimum Gasteiger partial charge on any atom is -0.275 e. The lowest BCUT2D eigenvalue weighted by atomic mass is 9.95. The van der Waals surface area contributed by atoms with E-state index in [2.05, 4.69) is 99.8 Å². The first-order valence-electron chi connectivity index (χ1n) is 12.7. The Bertz CT molecular complexity index is 1240. The Kier molecular flexibility index (Phi) is 7.62. The number of aromatic nitrogens is 3. The third-order valence-electron chi connectivity index (χ3n) is 6.75. The van der Waals surface area contributed by atoms with Gasteiger partial charge in [0.1, 0.15) is 0 Å². The molecule has 0 atom stereocenters. The van der Waals surface area contributed by atoms with Gasteiger partial charge in [-0.15, -0.1) is 10.2 Å². The van der Waals surface area contributed by atoms with Crippen molar-refractivity contribution >= 4 is 0 Å². The van der Waals surface area contributed by atoms with Gasteiger partial charge in [0.15, 0.2) is 11.6 Å². The molecule has 3 nitrogen and oxygen atoms in total. The van der Waals surface area contributed by atoms with Crippen molar-refractivity contribution in [1.29, 1.82) is 0 Å². The van der Waals surface area contributed by atoms with Crippen LogP contribution in [0.5, 0.6) is 0 Å². The van der Waals surface area contributed by atoms with Crippen molar-refractivity contribution in [2.24, 2.45) is 0 Å². The summed E-state index contributed by atoms with van der Waals surface area (Å²) in [6.45, 7) is 11.0. The van der Waals surface area contributed by atoms with Crippen LogP contribution < -0.4 is 0 Å². The van der Waals surface area contributed by atoms with Gasteiger partial charge in [0.05, 0.1) is 5.69 Å². The Morgan fingerprint density at radius 2 is 1.41 bits per heavy atom. The van der Waals surface area contributed by atoms with Crippen molar-refractivity contribution in [3.63, 3.8) is 0 Å². The van der Waals surface area contributed by atoms with Crippen LogP contribution in [0.25, 0.3) is 28.5 Å². The van der Waals surface area contributed by atoms with Gasteiger partial charge in [0.25, 0.3) is 0 Å². The predicted octanol–water partition coefficient (Wildman–Crippen LogP) is 8.21. The van der Waals surface area contributed by atoms with Crippen LogP contribution in [-0.4, -0.2) is 14.8 Å². The molecule has 0 aliphatic rings. The van der Waals surface area contributed by atoms with Crippen LogP contribution in [0.15, 0.2) is 60.7 Å². The second-order valence-corrected chi connectivity index (χ2v) is 9.44. The Hall–Kier alpha value is -3.20. The number of nitrogens with zero attached hydrogens (tertiary/aromatic N) is 3. The minimum absolute atomic E-state index is 0.891. The molecule has 0 N–H and O–H groups in total. The highest BCUT2D eigenvalue weighted by Crippen LogP contribution is 2.34. The van der Waals surface area contributed by atoms with E-state index in [1.54, 1.807) is 0 Å². The number of para-hydroxylation sites is 1. The van der Waals surface area contributed by atoms with Crippen LogP contribution in [0, 0.1) is 20.8 Å². The van der Waals surface area contributed by atoms with Gasteiger partial charge in [-0.2, -0.15) is 0 Å². The number of rotatable bonds is 9. The summed E-state index contributed by atoms with van der Waals surface area (Å²) in [7, 11) is 0. The van der Waals surface area contributed by atoms with Gasteiger partial charge in [-0.1, -0.05) is 81.6 Å². The van der Waals surface area contributed by atoms with E-state index in [1.165, 1.54) is 59.1 Å². The maximum atomic E-state index is 4.79. The maximum absolute atomic E-state index is 4.79. The van der Waals surface area contributed by atoms with Crippen LogP contribution in [0.4, 0.5) is 0 Å². The van der Waals surface area contributed by atoms with Crippen LogP contribution in [-0.2, 0) is 12.8 Å². The first kappa shape index (κ1) is 23.9. The highest BCUT2D eigenvalue weighted by molar-refractivity contribution is 5.72. The van der Waals surface area contributed by atoms with Gasteiger partial charge in [0.2, 0.25) is 0 Å². The first-order chi connectivity index (χ1) is 16.5. The van der Waals surface area contributed by atoms with E-state index in [1.807, 2.05) is 0 Å². The van der Waals surface area contributed by atoms with Crippen molar-refractivity contribution in [2.45, 2.75) is 73.1 Å². The highest BCUT2D eigenvalue weighted by atomic mass is 15.3. The zero-order valence-electron chi connectivity index (χ0n) is 21.4. The van der Waals surface area contributed by atoms with Crippen molar-refractivity contribution in [2.75, 3.05) is 0 Å². The third-order valence-corrected chi connectivity index (χ3v) is 6.75. The largest absolute Gasteiger partial charge is 0.275 e. The minimum atomic E-state index is 0.891. The zero-order valence-corrected chi connectivity index (χ0v) is 21.4. The van der Waals surface area contributed by atoms with E-state index in [4.69, 9.17) is 10.2 Å². The van der Waals surface area contributed by atoms with Crippen molar-refractivity contribution in [1.82, 2.24) is 14.8 Å². The van der Waals surface area contributed by atoms with E-state index in [9.17, 15) is 0 Å². The molecule has 0 saturated carbocycles. The second-order valence-electron chi connectivity index (χ2n) is 9.44. The van der Waals surface area contributed by atoms with Crippen molar-refractivity contribution in [3.8, 4) is 28.5 Å². The van der Waals surface area contributed by atoms with E-state index >= 15 is 0 Å². The monoisotopic (exact) mass is 451 g/mol. The summed E-state index contributed by atoms with van der Waals surface area (Å²) in [4.78, 5) is 0. The zero-order chi connectivity index (χ0) is 24.1. The molecule has 0 amide bonds. The number of benzene rings is 3. The molecule has 0 bridgehead atoms. The molecule has 0 radical (unpaired) electrons. The van der Waals surface area contributed by atoms with Gasteiger partial charge in [-0.05, 0) is 80.0 Å². The van der Waals surface area contributed by atoms with Crippen LogP contribution in [0.1, 0.15) is 67.3 Å². The predicted molar refractivity (Wildman–Crippen MR) is 144 cm³/mol. The van der Waals surface area contributed by atoms with Crippen molar-refractivity contribution < 1.29 is 0 Å². The number of hydrogen-bond donors (Lipinski definition) is 0. The first-order valence-corrected chi connectivity index (χ1v) is 12.7. The van der Waals surface area contributed by atoms with E-state index in [0.717, 1.165) is 35.7 Å². The summed E-state index contributed by atoms with van der Waals surface area (Å²) in [5.74, 6) is 1.81. The average molecular weight is 452 g/mol. The fourth-order valence-corrected chi connectivity index (χ4v) is 4.91. The van der Waals surface area contributed by atoms with Gasteiger partial charge < -0.3 is 0 Å². The number of hydrogen-bond acceptors (Lipinski definition) is 2. The average Bonchev–Trinajstić information content (AvgIpc) is 3.26. The number of aryl methyl sites for hydroxylation is 5. The van der Waals surface area contributed by atoms with Gasteiger partial charge in [-0.25, -0.2) is 0 Å². The quantitative estimate of drug-likeness (QED) is 0.240. The third kappa shape index (κ3) is 4.99. The molecule has 176 valence electrons. The highest BCUT2D eigenvalue weighted by Gasteiger charge is 2.21. The second kappa shape index (κ2) is 10.8. The van der Waals surface area contributed by atoms with E-state index < -0.39 is 0 Å². The molecule has 3 aromatic carbocycles. The lowest BCUT2D eigenvalue weighted by molar-refractivity contribution is 0.666. The van der Waals surface area contributed by atoms with Crippen LogP contribution in [0.3, 0.4) is 0 Å². The number of unbranched alkanes of at least 4 members (excludes halogenated alkanes) is 3. The Labute approximate surface area is 204 Å². The lowest BCUT2D eigenvalue weighted by Gasteiger charge is -2.17. The molecule has 1 aromatic heterocycles. The molecule has 34 heavy (non-hydrogen) atoms. The topological polar surface area (TPSA) is 30.7 Å². The molecule has 4 aromatic rings. The molecule has 3 heteroatoms. The molecule has 0 unspecified atom stereocenters. The fraction of sp³-hybridized carbons (Fsp3) is 0.355. The molecule has 1 heterocycles. The van der Waals surface area contributed by atoms with E-state index in [-0.39, 0.29) is 0 Å². The summed E-state index contributed by atoms with van der Waals surface area (Å²) in [5.41, 5.74) is 9.88. The Balaban J connectivity index is 1.84. The summed E-state index contributed by atoms with van der Waals surface area (Å²) in [5, 5.41) is 9.53. The van der Waals surface area contributed by atoms with Gasteiger partial charge in [-0.3, -0.25) is 4.57 Å². The molecule has 0 saturated heterocycles. The van der Waals surface area contributed by atoms with Crippen LogP contribution in [0.2, 0.25) is 0 Å². The summed E-state index contributed by atoms with van der Waals surface area (Å²) in [6, 6.07) is 21.9. The SMILES string of the molecule is CCCCCCc1cc(C)c(-c2nnc(-c3cccc(CC)c3)n2-c2ccccc2C)c(C)c1. The van der Waals surface area contributed by atoms with E-state index in [0.29, 0.717) is 0 Å². The molecule has 4 rings (SSSR count). The molecule has 0 spiro atoms. The van der Waals surface area contributed by atoms with Gasteiger partial charge in [0, 0.05) is 11.1 Å². The molecule has 0 aliphatic heterocycles. The molecular formula is C31H37N3. The molecule has 0 fully saturated rings. The standard InChI is InChI=1S/C31H37N3/c1-6-8-9-10-15-26-19-23(4)29(24(5)20-26)31-33-32-30(27-17-13-16-25(7-2)21-27)34(31)28-18-12-11-14-22(28)3/h11-14,16-21H,6-10,15H2,1-5H3. The van der Waals surface area contributed by atoms with Crippen LogP contribution >= 0.6 is 0 Å².